The van der Waals surface area contributed by atoms with E-state index >= 15 is 0 Å². The number of anilines is 1. The second-order valence-electron chi connectivity index (χ2n) is 1.60. The highest BCUT2D eigenvalue weighted by molar-refractivity contribution is 5.57. The van der Waals surface area contributed by atoms with Crippen molar-refractivity contribution in [3.63, 3.8) is 0 Å². The SMILES string of the molecule is CNc1ncncc1N=O. The lowest BCUT2D eigenvalue weighted by Gasteiger charge is -1.96. The molecule has 0 unspecified atom stereocenters. The molecule has 1 aromatic rings. The largest absolute Gasteiger partial charge is 0.371 e. The fourth-order valence-corrected chi connectivity index (χ4v) is 0.582. The summed E-state index contributed by atoms with van der Waals surface area (Å²) < 4.78 is 0. The Morgan fingerprint density at radius 1 is 1.70 bits per heavy atom. The zero-order chi connectivity index (χ0) is 7.40. The molecule has 0 aliphatic carbocycles. The molecule has 0 spiro atoms. The molecule has 0 atom stereocenters. The first-order valence-corrected chi connectivity index (χ1v) is 2.69. The van der Waals surface area contributed by atoms with E-state index in [0.717, 1.165) is 0 Å². The molecule has 52 valence electrons. The van der Waals surface area contributed by atoms with Crippen molar-refractivity contribution in [1.82, 2.24) is 9.97 Å². The normalized spacial score (nSPS) is 8.90. The molecular formula is C5H6N4O. The van der Waals surface area contributed by atoms with Crippen molar-refractivity contribution in [1.29, 1.82) is 0 Å². The summed E-state index contributed by atoms with van der Waals surface area (Å²) in [6.07, 6.45) is 2.70. The number of nitroso groups, excluding NO2 is 1. The second-order valence-corrected chi connectivity index (χ2v) is 1.60. The Balaban J connectivity index is 3.08. The quantitative estimate of drug-likeness (QED) is 0.617. The van der Waals surface area contributed by atoms with Crippen LogP contribution in [0, 0.1) is 4.91 Å². The Labute approximate surface area is 57.5 Å². The fraction of sp³-hybridized carbons (Fsp3) is 0.200. The third-order valence-electron chi connectivity index (χ3n) is 1.03. The summed E-state index contributed by atoms with van der Waals surface area (Å²) in [4.78, 5) is 17.4. The number of aromatic nitrogens is 2. The van der Waals surface area contributed by atoms with Gasteiger partial charge in [-0.1, -0.05) is 0 Å². The monoisotopic (exact) mass is 138 g/mol. The van der Waals surface area contributed by atoms with Crippen molar-refractivity contribution in [2.45, 2.75) is 0 Å². The topological polar surface area (TPSA) is 67.2 Å². The summed E-state index contributed by atoms with van der Waals surface area (Å²) in [5.74, 6) is 0.449. The maximum absolute atomic E-state index is 10.0. The smallest absolute Gasteiger partial charge is 0.168 e. The Bertz CT molecular complexity index is 237. The zero-order valence-corrected chi connectivity index (χ0v) is 5.40. The minimum atomic E-state index is 0.227. The van der Waals surface area contributed by atoms with Crippen LogP contribution in [0.1, 0.15) is 0 Å². The second kappa shape index (κ2) is 2.86. The predicted octanol–water partition coefficient (Wildman–Crippen LogP) is 0.916. The van der Waals surface area contributed by atoms with Crippen LogP contribution in [0.15, 0.2) is 17.7 Å². The van der Waals surface area contributed by atoms with E-state index in [9.17, 15) is 4.91 Å². The van der Waals surface area contributed by atoms with E-state index in [1.54, 1.807) is 7.05 Å². The lowest BCUT2D eigenvalue weighted by molar-refractivity contribution is 1.15. The van der Waals surface area contributed by atoms with Gasteiger partial charge in [-0.25, -0.2) is 9.97 Å². The number of rotatable bonds is 2. The molecule has 5 nitrogen and oxygen atoms in total. The summed E-state index contributed by atoms with van der Waals surface area (Å²) >= 11 is 0. The van der Waals surface area contributed by atoms with Gasteiger partial charge in [-0.15, -0.1) is 4.91 Å². The van der Waals surface area contributed by atoms with Gasteiger partial charge in [-0.2, -0.15) is 0 Å². The Morgan fingerprint density at radius 3 is 3.00 bits per heavy atom. The maximum atomic E-state index is 10.0. The predicted molar refractivity (Wildman–Crippen MR) is 37.0 cm³/mol. The van der Waals surface area contributed by atoms with Crippen molar-refractivity contribution in [2.75, 3.05) is 12.4 Å². The Hall–Kier alpha value is -1.52. The Morgan fingerprint density at radius 2 is 2.50 bits per heavy atom. The van der Waals surface area contributed by atoms with Crippen LogP contribution in [-0.4, -0.2) is 17.0 Å². The minimum Gasteiger partial charge on any atom is -0.371 e. The highest BCUT2D eigenvalue weighted by Crippen LogP contribution is 2.17. The van der Waals surface area contributed by atoms with Crippen LogP contribution < -0.4 is 5.32 Å². The third kappa shape index (κ3) is 1.07. The van der Waals surface area contributed by atoms with Gasteiger partial charge in [-0.05, 0) is 5.18 Å². The highest BCUT2D eigenvalue weighted by Gasteiger charge is 1.98. The molecule has 0 aliphatic heterocycles. The summed E-state index contributed by atoms with van der Waals surface area (Å²) in [5.41, 5.74) is 0.227. The standard InChI is InChI=1S/C5H6N4O/c1-6-5-4(9-10)2-7-3-8-5/h2-3H,1H3,(H,6,7,8). The average Bonchev–Trinajstić information content (AvgIpc) is 2.04. The van der Waals surface area contributed by atoms with Crippen molar-refractivity contribution >= 4 is 11.5 Å². The van der Waals surface area contributed by atoms with Crippen LogP contribution in [0.4, 0.5) is 11.5 Å². The van der Waals surface area contributed by atoms with Gasteiger partial charge in [-0.3, -0.25) is 0 Å². The van der Waals surface area contributed by atoms with Crippen LogP contribution in [0.5, 0.6) is 0 Å². The van der Waals surface area contributed by atoms with Crippen molar-refractivity contribution < 1.29 is 0 Å². The van der Waals surface area contributed by atoms with E-state index in [1.807, 2.05) is 0 Å². The van der Waals surface area contributed by atoms with Gasteiger partial charge in [0.2, 0.25) is 0 Å². The highest BCUT2D eigenvalue weighted by atomic mass is 16.3. The molecule has 0 bridgehead atoms. The zero-order valence-electron chi connectivity index (χ0n) is 5.40. The number of hydrogen-bond acceptors (Lipinski definition) is 5. The maximum Gasteiger partial charge on any atom is 0.168 e. The van der Waals surface area contributed by atoms with Gasteiger partial charge in [0.15, 0.2) is 11.5 Å². The van der Waals surface area contributed by atoms with Crippen LogP contribution in [0.2, 0.25) is 0 Å². The van der Waals surface area contributed by atoms with E-state index in [-0.39, 0.29) is 5.69 Å². The summed E-state index contributed by atoms with van der Waals surface area (Å²) in [5, 5.41) is 5.41. The van der Waals surface area contributed by atoms with Gasteiger partial charge in [0.25, 0.3) is 0 Å². The number of hydrogen-bond donors (Lipinski definition) is 1. The van der Waals surface area contributed by atoms with Gasteiger partial charge >= 0.3 is 0 Å². The van der Waals surface area contributed by atoms with Crippen LogP contribution in [0.25, 0.3) is 0 Å². The summed E-state index contributed by atoms with van der Waals surface area (Å²) in [6.45, 7) is 0. The molecule has 0 saturated heterocycles. The Kier molecular flexibility index (Phi) is 1.89. The average molecular weight is 138 g/mol. The summed E-state index contributed by atoms with van der Waals surface area (Å²) in [6, 6.07) is 0. The molecule has 1 rings (SSSR count). The molecule has 0 amide bonds. The number of nitrogens with one attached hydrogen (secondary N) is 1. The molecule has 5 heteroatoms. The van der Waals surface area contributed by atoms with Crippen molar-refractivity contribution in [3.05, 3.63) is 17.4 Å². The number of nitrogens with zero attached hydrogens (tertiary/aromatic N) is 3. The first kappa shape index (κ1) is 6.60. The molecule has 0 radical (unpaired) electrons. The fourth-order valence-electron chi connectivity index (χ4n) is 0.582. The lowest BCUT2D eigenvalue weighted by Crippen LogP contribution is -1.91. The van der Waals surface area contributed by atoms with E-state index in [4.69, 9.17) is 0 Å². The summed E-state index contributed by atoms with van der Waals surface area (Å²) in [7, 11) is 1.66. The third-order valence-corrected chi connectivity index (χ3v) is 1.03. The van der Waals surface area contributed by atoms with E-state index < -0.39 is 0 Å². The van der Waals surface area contributed by atoms with Gasteiger partial charge in [0.05, 0.1) is 6.20 Å². The molecule has 1 aromatic heterocycles. The molecule has 0 saturated carbocycles. The van der Waals surface area contributed by atoms with E-state index in [2.05, 4.69) is 20.5 Å². The van der Waals surface area contributed by atoms with Crippen LogP contribution in [0.3, 0.4) is 0 Å². The van der Waals surface area contributed by atoms with E-state index in [0.29, 0.717) is 5.82 Å². The van der Waals surface area contributed by atoms with Gasteiger partial charge in [0.1, 0.15) is 6.33 Å². The van der Waals surface area contributed by atoms with Gasteiger partial charge in [0, 0.05) is 7.05 Å². The van der Waals surface area contributed by atoms with Crippen LogP contribution in [-0.2, 0) is 0 Å². The first-order valence-electron chi connectivity index (χ1n) is 2.69. The molecule has 1 heterocycles. The lowest BCUT2D eigenvalue weighted by atomic mass is 10.5. The first-order chi connectivity index (χ1) is 4.88. The van der Waals surface area contributed by atoms with E-state index in [1.165, 1.54) is 12.5 Å². The molecule has 0 aliphatic rings. The molecule has 0 fully saturated rings. The molecular weight excluding hydrogens is 132 g/mol. The van der Waals surface area contributed by atoms with Crippen molar-refractivity contribution in [2.24, 2.45) is 5.18 Å². The molecule has 0 aromatic carbocycles. The van der Waals surface area contributed by atoms with Gasteiger partial charge < -0.3 is 5.32 Å². The molecule has 10 heavy (non-hydrogen) atoms. The van der Waals surface area contributed by atoms with Crippen molar-refractivity contribution in [3.8, 4) is 0 Å². The van der Waals surface area contributed by atoms with Crippen LogP contribution >= 0.6 is 0 Å². The molecule has 1 N–H and O–H groups in total. The minimum absolute atomic E-state index is 0.227.